The summed E-state index contributed by atoms with van der Waals surface area (Å²) in [6, 6.07) is 2.06. The molecular formula is C17H25NO3S. The smallest absolute Gasteiger partial charge is 0.350 e. The number of carbonyl (C=O) groups excluding carboxylic acids is 1. The van der Waals surface area contributed by atoms with Gasteiger partial charge < -0.3 is 14.8 Å². The number of methoxy groups -OCH3 is 2. The summed E-state index contributed by atoms with van der Waals surface area (Å²) in [5.74, 6) is 5.98. The Balaban J connectivity index is 3.10. The molecule has 1 heterocycles. The number of rotatable bonds is 6. The Bertz CT molecular complexity index is 561. The number of thiophene rings is 1. The van der Waals surface area contributed by atoms with Gasteiger partial charge in [-0.3, -0.25) is 0 Å². The lowest BCUT2D eigenvalue weighted by Crippen LogP contribution is -2.24. The van der Waals surface area contributed by atoms with Crippen molar-refractivity contribution in [2.45, 2.75) is 40.2 Å². The van der Waals surface area contributed by atoms with Gasteiger partial charge in [0.1, 0.15) is 4.88 Å². The summed E-state index contributed by atoms with van der Waals surface area (Å²) in [4.78, 5) is 13.3. The first kappa shape index (κ1) is 18.5. The van der Waals surface area contributed by atoms with Gasteiger partial charge in [0, 0.05) is 18.6 Å². The number of carbonyl (C=O) groups is 1. The highest BCUT2D eigenvalue weighted by atomic mass is 32.1. The highest BCUT2D eigenvalue weighted by Crippen LogP contribution is 2.29. The summed E-state index contributed by atoms with van der Waals surface area (Å²) in [6.07, 6.45) is 0.896. The van der Waals surface area contributed by atoms with Crippen LogP contribution in [0.4, 0.5) is 5.69 Å². The van der Waals surface area contributed by atoms with Crippen molar-refractivity contribution in [1.82, 2.24) is 0 Å². The monoisotopic (exact) mass is 323 g/mol. The van der Waals surface area contributed by atoms with E-state index < -0.39 is 0 Å². The number of ether oxygens (including phenoxy) is 2. The highest BCUT2D eigenvalue weighted by molar-refractivity contribution is 7.15. The van der Waals surface area contributed by atoms with Crippen LogP contribution >= 0.6 is 11.3 Å². The van der Waals surface area contributed by atoms with Crippen molar-refractivity contribution >= 4 is 23.0 Å². The molecule has 0 aliphatic rings. The van der Waals surface area contributed by atoms with E-state index in [0.29, 0.717) is 11.5 Å². The first-order valence-electron chi connectivity index (χ1n) is 7.31. The first-order chi connectivity index (χ1) is 10.3. The third kappa shape index (κ3) is 5.70. The Morgan fingerprint density at radius 3 is 2.59 bits per heavy atom. The normalized spacial score (nSPS) is 12.3. The molecule has 4 nitrogen and oxygen atoms in total. The fraction of sp³-hybridized carbons (Fsp3) is 0.588. The molecule has 0 aromatic carbocycles. The van der Waals surface area contributed by atoms with Gasteiger partial charge in [0.15, 0.2) is 0 Å². The second-order valence-corrected chi connectivity index (χ2v) is 7.10. The van der Waals surface area contributed by atoms with Gasteiger partial charge in [0.25, 0.3) is 0 Å². The van der Waals surface area contributed by atoms with Gasteiger partial charge in [0.05, 0.1) is 24.3 Å². The van der Waals surface area contributed by atoms with Crippen LogP contribution in [0.25, 0.3) is 0 Å². The molecule has 0 saturated heterocycles. The van der Waals surface area contributed by atoms with Crippen LogP contribution in [0.2, 0.25) is 0 Å². The minimum Gasteiger partial charge on any atom is -0.465 e. The summed E-state index contributed by atoms with van der Waals surface area (Å²) in [5.41, 5.74) is 0.685. The predicted molar refractivity (Wildman–Crippen MR) is 91.6 cm³/mol. The Kier molecular flexibility index (Phi) is 6.92. The molecule has 1 unspecified atom stereocenters. The lowest BCUT2D eigenvalue weighted by Gasteiger charge is -2.16. The van der Waals surface area contributed by atoms with Gasteiger partial charge in [-0.25, -0.2) is 4.79 Å². The van der Waals surface area contributed by atoms with E-state index in [1.165, 1.54) is 18.4 Å². The number of hydrogen-bond acceptors (Lipinski definition) is 5. The van der Waals surface area contributed by atoms with E-state index in [-0.39, 0.29) is 17.4 Å². The first-order valence-corrected chi connectivity index (χ1v) is 8.13. The number of anilines is 1. The van der Waals surface area contributed by atoms with Crippen molar-refractivity contribution in [3.8, 4) is 11.8 Å². The Labute approximate surface area is 137 Å². The highest BCUT2D eigenvalue weighted by Gasteiger charge is 2.19. The third-order valence-electron chi connectivity index (χ3n) is 2.88. The molecule has 0 bridgehead atoms. The summed E-state index contributed by atoms with van der Waals surface area (Å²) < 4.78 is 10.1. The van der Waals surface area contributed by atoms with E-state index in [4.69, 9.17) is 9.47 Å². The molecule has 1 aromatic rings. The molecule has 122 valence electrons. The van der Waals surface area contributed by atoms with Crippen LogP contribution in [0.1, 0.15) is 48.7 Å². The second kappa shape index (κ2) is 8.21. The molecule has 0 aliphatic heterocycles. The van der Waals surface area contributed by atoms with Crippen molar-refractivity contribution in [2.75, 3.05) is 26.1 Å². The predicted octanol–water partition coefficient (Wildman–Crippen LogP) is 3.77. The fourth-order valence-corrected chi connectivity index (χ4v) is 2.63. The molecule has 1 rings (SSSR count). The van der Waals surface area contributed by atoms with Gasteiger partial charge in [0.2, 0.25) is 0 Å². The van der Waals surface area contributed by atoms with Crippen LogP contribution in [0.3, 0.4) is 0 Å². The molecule has 0 aliphatic carbocycles. The van der Waals surface area contributed by atoms with E-state index in [0.717, 1.165) is 17.0 Å². The van der Waals surface area contributed by atoms with Gasteiger partial charge in [-0.05, 0) is 33.3 Å². The maximum Gasteiger partial charge on any atom is 0.350 e. The molecule has 22 heavy (non-hydrogen) atoms. The maximum absolute atomic E-state index is 11.9. The molecule has 0 radical (unpaired) electrons. The molecule has 0 fully saturated rings. The summed E-state index contributed by atoms with van der Waals surface area (Å²) in [5, 5.41) is 3.35. The van der Waals surface area contributed by atoms with Gasteiger partial charge in [-0.1, -0.05) is 18.8 Å². The zero-order valence-corrected chi connectivity index (χ0v) is 15.0. The van der Waals surface area contributed by atoms with Crippen LogP contribution in [0.15, 0.2) is 6.07 Å². The van der Waals surface area contributed by atoms with E-state index in [1.807, 2.05) is 6.07 Å². The fourth-order valence-electron chi connectivity index (χ4n) is 1.74. The maximum atomic E-state index is 11.9. The van der Waals surface area contributed by atoms with E-state index in [2.05, 4.69) is 44.9 Å². The van der Waals surface area contributed by atoms with Gasteiger partial charge in [-0.2, -0.15) is 0 Å². The summed E-state index contributed by atoms with van der Waals surface area (Å²) in [7, 11) is 3.05. The topological polar surface area (TPSA) is 47.6 Å². The van der Waals surface area contributed by atoms with E-state index in [9.17, 15) is 4.79 Å². The van der Waals surface area contributed by atoms with E-state index >= 15 is 0 Å². The van der Waals surface area contributed by atoms with Crippen molar-refractivity contribution in [1.29, 1.82) is 0 Å². The molecule has 1 aromatic heterocycles. The van der Waals surface area contributed by atoms with Gasteiger partial charge >= 0.3 is 5.97 Å². The SMILES string of the molecule is CCC(COC)Nc1cc(C#CC(C)(C)C)sc1C(=O)OC. The molecule has 0 spiro atoms. The van der Waals surface area contributed by atoms with Crippen LogP contribution < -0.4 is 5.32 Å². The Morgan fingerprint density at radius 1 is 1.41 bits per heavy atom. The summed E-state index contributed by atoms with van der Waals surface area (Å²) in [6.45, 7) is 8.82. The molecule has 0 saturated carbocycles. The lowest BCUT2D eigenvalue weighted by atomic mass is 9.98. The number of nitrogens with one attached hydrogen (secondary N) is 1. The number of hydrogen-bond donors (Lipinski definition) is 1. The molecule has 1 N–H and O–H groups in total. The van der Waals surface area contributed by atoms with Crippen molar-refractivity contribution in [3.05, 3.63) is 15.8 Å². The molecular weight excluding hydrogens is 298 g/mol. The largest absolute Gasteiger partial charge is 0.465 e. The van der Waals surface area contributed by atoms with Crippen LogP contribution in [-0.2, 0) is 9.47 Å². The van der Waals surface area contributed by atoms with Crippen molar-refractivity contribution in [3.63, 3.8) is 0 Å². The second-order valence-electron chi connectivity index (χ2n) is 6.05. The molecule has 5 heteroatoms. The van der Waals surface area contributed by atoms with Crippen LogP contribution in [0, 0.1) is 17.3 Å². The zero-order chi connectivity index (χ0) is 16.8. The minimum atomic E-state index is -0.344. The quantitative estimate of drug-likeness (QED) is 0.639. The summed E-state index contributed by atoms with van der Waals surface area (Å²) >= 11 is 1.35. The Morgan fingerprint density at radius 2 is 2.09 bits per heavy atom. The van der Waals surface area contributed by atoms with Gasteiger partial charge in [-0.15, -0.1) is 11.3 Å². The average Bonchev–Trinajstić information content (AvgIpc) is 2.86. The molecule has 0 amide bonds. The standard InChI is InChI=1S/C17H25NO3S/c1-7-12(11-20-5)18-14-10-13(8-9-17(2,3)4)22-15(14)16(19)21-6/h10,12,18H,7,11H2,1-6H3. The Hall–Kier alpha value is -1.51. The molecule has 1 atom stereocenters. The average molecular weight is 323 g/mol. The van der Waals surface area contributed by atoms with Crippen LogP contribution in [-0.4, -0.2) is 32.8 Å². The lowest BCUT2D eigenvalue weighted by molar-refractivity contribution is 0.0607. The van der Waals surface area contributed by atoms with Crippen molar-refractivity contribution < 1.29 is 14.3 Å². The van der Waals surface area contributed by atoms with Crippen LogP contribution in [0.5, 0.6) is 0 Å². The minimum absolute atomic E-state index is 0.0784. The van der Waals surface area contributed by atoms with E-state index in [1.54, 1.807) is 7.11 Å². The number of esters is 1. The zero-order valence-electron chi connectivity index (χ0n) is 14.2. The third-order valence-corrected chi connectivity index (χ3v) is 3.91. The van der Waals surface area contributed by atoms with Crippen molar-refractivity contribution in [2.24, 2.45) is 5.41 Å².